The fourth-order valence-electron chi connectivity index (χ4n) is 6.56. The fourth-order valence-corrected chi connectivity index (χ4v) is 9.21. The number of amides is 1. The standard InChI is InChI=1S/C25H40Cl4N2O2S/c1-17(18-4-8-30(9-5-18)21(32)19-12-24(26,27)13-19)14-33-22(23(2)15-25(28,29)16-23)31-10-6-20(34-3)7-11-31/h17-20,22H,4-16H2,1-3H3. The first-order valence-electron chi connectivity index (χ1n) is 12.8. The zero-order chi connectivity index (χ0) is 24.7. The summed E-state index contributed by atoms with van der Waals surface area (Å²) in [5.74, 6) is 1.26. The molecule has 4 fully saturated rings. The zero-order valence-corrected chi connectivity index (χ0v) is 24.6. The summed E-state index contributed by atoms with van der Waals surface area (Å²) in [6, 6.07) is 0. The van der Waals surface area contributed by atoms with Crippen LogP contribution >= 0.6 is 58.2 Å². The lowest BCUT2D eigenvalue weighted by Gasteiger charge is -2.55. The van der Waals surface area contributed by atoms with Crippen LogP contribution in [-0.2, 0) is 9.53 Å². The summed E-state index contributed by atoms with van der Waals surface area (Å²) in [5, 5.41) is 0.753. The predicted octanol–water partition coefficient (Wildman–Crippen LogP) is 6.59. The second-order valence-corrected chi connectivity index (χ2v) is 16.0. The zero-order valence-electron chi connectivity index (χ0n) is 20.7. The molecule has 4 rings (SSSR count). The molecule has 0 bridgehead atoms. The summed E-state index contributed by atoms with van der Waals surface area (Å²) in [4.78, 5) is 17.3. The van der Waals surface area contributed by atoms with Gasteiger partial charge in [0.1, 0.15) is 14.9 Å². The van der Waals surface area contributed by atoms with Crippen molar-refractivity contribution < 1.29 is 9.53 Å². The van der Waals surface area contributed by atoms with Crippen LogP contribution in [0, 0.1) is 23.2 Å². The number of carbonyl (C=O) groups is 1. The number of hydrogen-bond donors (Lipinski definition) is 0. The Morgan fingerprint density at radius 2 is 1.59 bits per heavy atom. The largest absolute Gasteiger partial charge is 0.362 e. The molecule has 2 atom stereocenters. The minimum atomic E-state index is -0.699. The molecule has 2 heterocycles. The predicted molar refractivity (Wildman–Crippen MR) is 145 cm³/mol. The molecule has 1 amide bonds. The molecule has 0 aromatic heterocycles. The molecule has 0 aromatic carbocycles. The number of likely N-dealkylation sites (tertiary alicyclic amines) is 2. The molecule has 2 saturated carbocycles. The van der Waals surface area contributed by atoms with E-state index in [0.717, 1.165) is 63.7 Å². The maximum Gasteiger partial charge on any atom is 0.225 e. The average molecular weight is 574 g/mol. The number of hydrogen-bond acceptors (Lipinski definition) is 4. The van der Waals surface area contributed by atoms with Gasteiger partial charge in [0.05, 0.1) is 6.61 Å². The second-order valence-electron chi connectivity index (χ2n) is 11.6. The lowest BCUT2D eigenvalue weighted by atomic mass is 9.67. The monoisotopic (exact) mass is 572 g/mol. The molecule has 9 heteroatoms. The van der Waals surface area contributed by atoms with Crippen molar-refractivity contribution >= 4 is 64.1 Å². The molecule has 2 aliphatic heterocycles. The maximum atomic E-state index is 12.7. The number of thioether (sulfide) groups is 1. The summed E-state index contributed by atoms with van der Waals surface area (Å²) in [6.07, 6.45) is 9.48. The summed E-state index contributed by atoms with van der Waals surface area (Å²) in [5.41, 5.74) is -0.00592. The van der Waals surface area contributed by atoms with Crippen molar-refractivity contribution in [3.8, 4) is 0 Å². The first-order valence-corrected chi connectivity index (χ1v) is 15.6. The maximum absolute atomic E-state index is 12.7. The highest BCUT2D eigenvalue weighted by Gasteiger charge is 2.56. The Hall–Kier alpha value is 0.900. The van der Waals surface area contributed by atoms with E-state index < -0.39 is 8.67 Å². The van der Waals surface area contributed by atoms with Gasteiger partial charge in [-0.05, 0) is 69.5 Å². The summed E-state index contributed by atoms with van der Waals surface area (Å²) in [7, 11) is 0. The molecular weight excluding hydrogens is 534 g/mol. The Labute approximate surface area is 230 Å². The van der Waals surface area contributed by atoms with Crippen LogP contribution in [0.1, 0.15) is 65.2 Å². The van der Waals surface area contributed by atoms with Gasteiger partial charge >= 0.3 is 0 Å². The summed E-state index contributed by atoms with van der Waals surface area (Å²) in [6.45, 7) is 9.13. The van der Waals surface area contributed by atoms with E-state index in [9.17, 15) is 4.79 Å². The van der Waals surface area contributed by atoms with Gasteiger partial charge in [-0.25, -0.2) is 0 Å². The highest BCUT2D eigenvalue weighted by atomic mass is 35.5. The highest BCUT2D eigenvalue weighted by molar-refractivity contribution is 7.99. The minimum Gasteiger partial charge on any atom is -0.362 e. The number of alkyl halides is 4. The molecule has 4 nitrogen and oxygen atoms in total. The van der Waals surface area contributed by atoms with E-state index in [2.05, 4.69) is 25.0 Å². The van der Waals surface area contributed by atoms with Crippen molar-refractivity contribution in [2.24, 2.45) is 23.2 Å². The summed E-state index contributed by atoms with van der Waals surface area (Å²) < 4.78 is 5.40. The van der Waals surface area contributed by atoms with Crippen LogP contribution < -0.4 is 0 Å². The lowest BCUT2D eigenvalue weighted by molar-refractivity contribution is -0.172. The molecule has 196 valence electrons. The van der Waals surface area contributed by atoms with Crippen molar-refractivity contribution in [1.82, 2.24) is 9.80 Å². The molecule has 0 radical (unpaired) electrons. The van der Waals surface area contributed by atoms with Crippen LogP contribution in [0.4, 0.5) is 0 Å². The van der Waals surface area contributed by atoms with E-state index in [4.69, 9.17) is 51.1 Å². The molecule has 2 unspecified atom stereocenters. The first-order chi connectivity index (χ1) is 15.9. The molecule has 2 saturated heterocycles. The van der Waals surface area contributed by atoms with Crippen molar-refractivity contribution in [3.63, 3.8) is 0 Å². The quantitative estimate of drug-likeness (QED) is 0.307. The topological polar surface area (TPSA) is 32.8 Å². The van der Waals surface area contributed by atoms with Crippen LogP contribution in [0.25, 0.3) is 0 Å². The molecule has 0 aromatic rings. The lowest BCUT2D eigenvalue weighted by Crippen LogP contribution is -2.59. The van der Waals surface area contributed by atoms with E-state index in [1.807, 2.05) is 16.7 Å². The van der Waals surface area contributed by atoms with Gasteiger partial charge in [0.25, 0.3) is 0 Å². The minimum absolute atomic E-state index is 0.00233. The number of halogens is 4. The molecular formula is C25H40Cl4N2O2S. The number of ether oxygens (including phenoxy) is 1. The number of piperidine rings is 2. The van der Waals surface area contributed by atoms with Gasteiger partial charge in [-0.3, -0.25) is 9.69 Å². The van der Waals surface area contributed by atoms with Crippen molar-refractivity contribution in [2.75, 3.05) is 39.0 Å². The van der Waals surface area contributed by atoms with Gasteiger partial charge in [0, 0.05) is 42.8 Å². The van der Waals surface area contributed by atoms with Crippen LogP contribution in [0.15, 0.2) is 0 Å². The van der Waals surface area contributed by atoms with Gasteiger partial charge in [-0.15, -0.1) is 46.4 Å². The molecule has 0 N–H and O–H groups in total. The third kappa shape index (κ3) is 6.48. The smallest absolute Gasteiger partial charge is 0.225 e. The van der Waals surface area contributed by atoms with Gasteiger partial charge in [0.15, 0.2) is 0 Å². The highest BCUT2D eigenvalue weighted by Crippen LogP contribution is 2.58. The van der Waals surface area contributed by atoms with Crippen molar-refractivity contribution in [2.45, 2.75) is 85.4 Å². The average Bonchev–Trinajstić information content (AvgIpc) is 2.76. The summed E-state index contributed by atoms with van der Waals surface area (Å²) >= 11 is 27.1. The molecule has 2 aliphatic carbocycles. The Morgan fingerprint density at radius 3 is 2.09 bits per heavy atom. The van der Waals surface area contributed by atoms with Gasteiger partial charge in [-0.2, -0.15) is 11.8 Å². The Balaban J connectivity index is 1.27. The van der Waals surface area contributed by atoms with Crippen LogP contribution in [0.5, 0.6) is 0 Å². The van der Waals surface area contributed by atoms with Gasteiger partial charge in [-0.1, -0.05) is 13.8 Å². The Bertz CT molecular complexity index is 708. The number of nitrogens with zero attached hydrogens (tertiary/aromatic N) is 2. The van der Waals surface area contributed by atoms with Crippen LogP contribution in [0.3, 0.4) is 0 Å². The van der Waals surface area contributed by atoms with Crippen molar-refractivity contribution in [1.29, 1.82) is 0 Å². The van der Waals surface area contributed by atoms with Crippen LogP contribution in [-0.4, -0.2) is 74.9 Å². The number of carbonyl (C=O) groups excluding carboxylic acids is 1. The van der Waals surface area contributed by atoms with E-state index >= 15 is 0 Å². The van der Waals surface area contributed by atoms with E-state index in [-0.39, 0.29) is 23.5 Å². The second kappa shape index (κ2) is 10.9. The third-order valence-electron chi connectivity index (χ3n) is 8.68. The SMILES string of the molecule is CSC1CCN(C(OCC(C)C2CCN(C(=O)C3CC(Cl)(Cl)C3)CC2)C2(C)CC(Cl)(Cl)C2)CC1. The molecule has 4 aliphatic rings. The molecule has 0 spiro atoms. The normalized spacial score (nSPS) is 29.8. The van der Waals surface area contributed by atoms with E-state index in [1.54, 1.807) is 0 Å². The van der Waals surface area contributed by atoms with Gasteiger partial charge in [0.2, 0.25) is 5.91 Å². The fraction of sp³-hybridized carbons (Fsp3) is 0.960. The number of rotatable bonds is 8. The molecule has 34 heavy (non-hydrogen) atoms. The Morgan fingerprint density at radius 1 is 1.00 bits per heavy atom. The van der Waals surface area contributed by atoms with E-state index in [0.29, 0.717) is 24.7 Å². The van der Waals surface area contributed by atoms with Gasteiger partial charge < -0.3 is 9.64 Å². The third-order valence-corrected chi connectivity index (χ3v) is 11.0. The van der Waals surface area contributed by atoms with Crippen molar-refractivity contribution in [3.05, 3.63) is 0 Å². The van der Waals surface area contributed by atoms with E-state index in [1.165, 1.54) is 12.8 Å². The Kier molecular flexibility index (Phi) is 8.99. The first kappa shape index (κ1) is 27.9. The van der Waals surface area contributed by atoms with Crippen LogP contribution in [0.2, 0.25) is 0 Å².